The summed E-state index contributed by atoms with van der Waals surface area (Å²) in [6, 6.07) is 0.581. The summed E-state index contributed by atoms with van der Waals surface area (Å²) in [6.45, 7) is 12.4. The predicted octanol–water partition coefficient (Wildman–Crippen LogP) is 0.959. The van der Waals surface area contributed by atoms with Crippen LogP contribution in [0.3, 0.4) is 0 Å². The number of nitrogens with two attached hydrogens (primary N) is 1. The molecule has 0 radical (unpaired) electrons. The van der Waals surface area contributed by atoms with Gasteiger partial charge in [-0.05, 0) is 26.8 Å². The lowest BCUT2D eigenvalue weighted by Crippen LogP contribution is -2.47. The number of carbonyl (C=O) groups is 1. The Bertz CT molecular complexity index is 204. The van der Waals surface area contributed by atoms with Gasteiger partial charge in [0.25, 0.3) is 0 Å². The highest BCUT2D eigenvalue weighted by molar-refractivity contribution is 5.79. The molecule has 0 spiro atoms. The van der Waals surface area contributed by atoms with E-state index in [1.165, 1.54) is 0 Å². The molecule has 1 unspecified atom stereocenters. The fourth-order valence-corrected chi connectivity index (χ4v) is 1.79. The van der Waals surface area contributed by atoms with Gasteiger partial charge in [-0.3, -0.25) is 4.79 Å². The molecule has 1 amide bonds. The summed E-state index contributed by atoms with van der Waals surface area (Å²) < 4.78 is 0. The van der Waals surface area contributed by atoms with Crippen molar-refractivity contribution in [2.45, 2.75) is 59.2 Å². The molecule has 0 aliphatic heterocycles. The van der Waals surface area contributed by atoms with Crippen LogP contribution < -0.4 is 11.1 Å². The van der Waals surface area contributed by atoms with E-state index in [9.17, 15) is 4.79 Å². The molecule has 0 aromatic heterocycles. The minimum absolute atomic E-state index is 0.215. The highest BCUT2D eigenvalue weighted by Crippen LogP contribution is 2.02. The normalized spacial score (nSPS) is 13.8. The summed E-state index contributed by atoms with van der Waals surface area (Å²) in [5.74, 6) is -0.256. The first kappa shape index (κ1) is 15.4. The van der Waals surface area contributed by atoms with Crippen molar-refractivity contribution in [3.8, 4) is 0 Å². The van der Waals surface area contributed by atoms with Gasteiger partial charge in [-0.1, -0.05) is 20.8 Å². The molecule has 0 saturated heterocycles. The molecule has 1 atom stereocenters. The first-order valence-corrected chi connectivity index (χ1v) is 6.17. The number of nitrogens with one attached hydrogen (secondary N) is 1. The van der Waals surface area contributed by atoms with Crippen LogP contribution in [0.5, 0.6) is 0 Å². The molecule has 4 heteroatoms. The molecule has 0 saturated carbocycles. The van der Waals surface area contributed by atoms with Crippen LogP contribution in [0.25, 0.3) is 0 Å². The van der Waals surface area contributed by atoms with E-state index in [-0.39, 0.29) is 18.0 Å². The number of carbonyl (C=O) groups excluding carboxylic acids is 1. The molecule has 0 aliphatic carbocycles. The second kappa shape index (κ2) is 7.63. The topological polar surface area (TPSA) is 58.4 Å². The number of primary amides is 1. The molecule has 0 heterocycles. The maximum absolute atomic E-state index is 11.2. The lowest BCUT2D eigenvalue weighted by Gasteiger charge is -2.27. The van der Waals surface area contributed by atoms with Crippen molar-refractivity contribution in [3.05, 3.63) is 0 Å². The van der Waals surface area contributed by atoms with E-state index >= 15 is 0 Å². The van der Waals surface area contributed by atoms with Crippen molar-refractivity contribution in [2.24, 2.45) is 5.73 Å². The lowest BCUT2D eigenvalue weighted by atomic mass is 10.1. The SMILES string of the molecule is CCN(CCC(NC(C)C)C(N)=O)C(C)C. The van der Waals surface area contributed by atoms with E-state index in [1.807, 2.05) is 13.8 Å². The average Bonchev–Trinajstić information content (AvgIpc) is 2.15. The molecule has 0 aliphatic rings. The Balaban J connectivity index is 4.15. The summed E-state index contributed by atoms with van der Waals surface area (Å²) in [5, 5.41) is 3.20. The fraction of sp³-hybridized carbons (Fsp3) is 0.917. The largest absolute Gasteiger partial charge is 0.368 e. The Morgan fingerprint density at radius 3 is 2.19 bits per heavy atom. The number of hydrogen-bond acceptors (Lipinski definition) is 3. The second-order valence-corrected chi connectivity index (χ2v) is 4.79. The molecule has 4 nitrogen and oxygen atoms in total. The molecule has 96 valence electrons. The van der Waals surface area contributed by atoms with Crippen LogP contribution in [0.15, 0.2) is 0 Å². The first-order chi connectivity index (χ1) is 7.38. The van der Waals surface area contributed by atoms with Gasteiger partial charge < -0.3 is 16.0 Å². The highest BCUT2D eigenvalue weighted by atomic mass is 16.1. The van der Waals surface area contributed by atoms with E-state index in [4.69, 9.17) is 5.73 Å². The number of nitrogens with zero attached hydrogens (tertiary/aromatic N) is 1. The lowest BCUT2D eigenvalue weighted by molar-refractivity contribution is -0.120. The average molecular weight is 229 g/mol. The number of hydrogen-bond donors (Lipinski definition) is 2. The fourth-order valence-electron chi connectivity index (χ4n) is 1.79. The molecule has 16 heavy (non-hydrogen) atoms. The van der Waals surface area contributed by atoms with Crippen LogP contribution in [-0.4, -0.2) is 42.0 Å². The molecule has 3 N–H and O–H groups in total. The van der Waals surface area contributed by atoms with Crippen molar-refractivity contribution in [2.75, 3.05) is 13.1 Å². The Morgan fingerprint density at radius 2 is 1.88 bits per heavy atom. The van der Waals surface area contributed by atoms with Crippen LogP contribution >= 0.6 is 0 Å². The Morgan fingerprint density at radius 1 is 1.31 bits per heavy atom. The van der Waals surface area contributed by atoms with E-state index in [0.717, 1.165) is 19.5 Å². The number of amides is 1. The zero-order valence-electron chi connectivity index (χ0n) is 11.3. The van der Waals surface area contributed by atoms with Crippen LogP contribution in [0.1, 0.15) is 41.0 Å². The molecule has 0 rings (SSSR count). The predicted molar refractivity (Wildman–Crippen MR) is 68.3 cm³/mol. The third kappa shape index (κ3) is 6.08. The van der Waals surface area contributed by atoms with E-state index in [0.29, 0.717) is 6.04 Å². The highest BCUT2D eigenvalue weighted by Gasteiger charge is 2.17. The maximum atomic E-state index is 11.2. The molecule has 0 bridgehead atoms. The van der Waals surface area contributed by atoms with Crippen molar-refractivity contribution >= 4 is 5.91 Å². The standard InChI is InChI=1S/C12H27N3O/c1-6-15(10(4)5)8-7-11(12(13)16)14-9(2)3/h9-11,14H,6-8H2,1-5H3,(H2,13,16). The molecule has 0 aromatic rings. The quantitative estimate of drug-likeness (QED) is 0.652. The second-order valence-electron chi connectivity index (χ2n) is 4.79. The van der Waals surface area contributed by atoms with Crippen LogP contribution in [-0.2, 0) is 4.79 Å². The van der Waals surface area contributed by atoms with Gasteiger partial charge >= 0.3 is 0 Å². The minimum atomic E-state index is -0.256. The summed E-state index contributed by atoms with van der Waals surface area (Å²) in [4.78, 5) is 13.6. The van der Waals surface area contributed by atoms with Crippen molar-refractivity contribution in [1.29, 1.82) is 0 Å². The molecule has 0 aromatic carbocycles. The zero-order valence-corrected chi connectivity index (χ0v) is 11.3. The van der Waals surface area contributed by atoms with Crippen LogP contribution in [0.2, 0.25) is 0 Å². The summed E-state index contributed by atoms with van der Waals surface area (Å²) in [6.07, 6.45) is 0.777. The summed E-state index contributed by atoms with van der Waals surface area (Å²) in [5.41, 5.74) is 5.37. The third-order valence-electron chi connectivity index (χ3n) is 2.72. The van der Waals surface area contributed by atoms with Crippen LogP contribution in [0, 0.1) is 0 Å². The van der Waals surface area contributed by atoms with Gasteiger partial charge in [0.05, 0.1) is 6.04 Å². The van der Waals surface area contributed by atoms with Crippen LogP contribution in [0.4, 0.5) is 0 Å². The van der Waals surface area contributed by atoms with Crippen molar-refractivity contribution < 1.29 is 4.79 Å². The summed E-state index contributed by atoms with van der Waals surface area (Å²) >= 11 is 0. The number of rotatable bonds is 8. The summed E-state index contributed by atoms with van der Waals surface area (Å²) in [7, 11) is 0. The van der Waals surface area contributed by atoms with E-state index in [2.05, 4.69) is 31.0 Å². The minimum Gasteiger partial charge on any atom is -0.368 e. The monoisotopic (exact) mass is 229 g/mol. The van der Waals surface area contributed by atoms with E-state index in [1.54, 1.807) is 0 Å². The Kier molecular flexibility index (Phi) is 7.34. The van der Waals surface area contributed by atoms with Gasteiger partial charge in [0.15, 0.2) is 0 Å². The van der Waals surface area contributed by atoms with Gasteiger partial charge in [0.1, 0.15) is 0 Å². The maximum Gasteiger partial charge on any atom is 0.234 e. The first-order valence-electron chi connectivity index (χ1n) is 6.17. The molecular weight excluding hydrogens is 202 g/mol. The molecular formula is C12H27N3O. The Hall–Kier alpha value is -0.610. The van der Waals surface area contributed by atoms with Crippen molar-refractivity contribution in [1.82, 2.24) is 10.2 Å². The van der Waals surface area contributed by atoms with Gasteiger partial charge in [0, 0.05) is 18.6 Å². The van der Waals surface area contributed by atoms with E-state index < -0.39 is 0 Å². The Labute approximate surface area is 99.6 Å². The van der Waals surface area contributed by atoms with Gasteiger partial charge in [-0.25, -0.2) is 0 Å². The van der Waals surface area contributed by atoms with Crippen molar-refractivity contribution in [3.63, 3.8) is 0 Å². The smallest absolute Gasteiger partial charge is 0.234 e. The third-order valence-corrected chi connectivity index (χ3v) is 2.72. The van der Waals surface area contributed by atoms with Gasteiger partial charge in [0.2, 0.25) is 5.91 Å². The van der Waals surface area contributed by atoms with Gasteiger partial charge in [-0.2, -0.15) is 0 Å². The van der Waals surface area contributed by atoms with Gasteiger partial charge in [-0.15, -0.1) is 0 Å². The molecule has 0 fully saturated rings. The zero-order chi connectivity index (χ0) is 12.7.